The van der Waals surface area contributed by atoms with Crippen molar-refractivity contribution in [1.29, 1.82) is 0 Å². The second-order valence-electron chi connectivity index (χ2n) is 4.47. The van der Waals surface area contributed by atoms with Gasteiger partial charge in [0.1, 0.15) is 4.88 Å². The van der Waals surface area contributed by atoms with E-state index in [-0.39, 0.29) is 11.3 Å². The average Bonchev–Trinajstić information content (AvgIpc) is 2.61. The number of nitrogens with one attached hydrogen (secondary N) is 1. The second kappa shape index (κ2) is 5.59. The Morgan fingerprint density at radius 2 is 2.25 bits per heavy atom. The first-order chi connectivity index (χ1) is 7.46. The minimum Gasteiger partial charge on any atom is -0.351 e. The highest BCUT2D eigenvalue weighted by molar-refractivity contribution is 7.07. The van der Waals surface area contributed by atoms with E-state index in [0.717, 1.165) is 18.0 Å². The molecule has 0 fully saturated rings. The number of hydrogen-bond donors (Lipinski definition) is 1. The van der Waals surface area contributed by atoms with Crippen molar-refractivity contribution in [2.24, 2.45) is 5.41 Å². The summed E-state index contributed by atoms with van der Waals surface area (Å²) in [5, 5.41) is 6.69. The largest absolute Gasteiger partial charge is 0.351 e. The number of rotatable bonds is 5. The number of hydrogen-bond acceptors (Lipinski definition) is 4. The quantitative estimate of drug-likeness (QED) is 0.827. The number of halogens is 1. The van der Waals surface area contributed by atoms with Crippen molar-refractivity contribution in [3.63, 3.8) is 0 Å². The molecule has 0 aliphatic rings. The molecule has 16 heavy (non-hydrogen) atoms. The van der Waals surface area contributed by atoms with Gasteiger partial charge in [0.15, 0.2) is 0 Å². The molecule has 1 aromatic rings. The number of amides is 1. The van der Waals surface area contributed by atoms with Gasteiger partial charge < -0.3 is 5.32 Å². The Hall–Kier alpha value is -0.680. The van der Waals surface area contributed by atoms with E-state index in [9.17, 15) is 4.79 Å². The lowest BCUT2D eigenvalue weighted by Gasteiger charge is -2.23. The van der Waals surface area contributed by atoms with Gasteiger partial charge in [-0.05, 0) is 30.3 Å². The lowest BCUT2D eigenvalue weighted by atomic mass is 9.90. The molecule has 1 amide bonds. The van der Waals surface area contributed by atoms with Gasteiger partial charge in [-0.25, -0.2) is 0 Å². The monoisotopic (exact) mass is 261 g/mol. The molecule has 1 aromatic heterocycles. The highest BCUT2D eigenvalue weighted by Gasteiger charge is 2.20. The molecule has 0 aliphatic heterocycles. The zero-order chi connectivity index (χ0) is 12.2. The van der Waals surface area contributed by atoms with Crippen LogP contribution in [0, 0.1) is 12.3 Å². The predicted octanol–water partition coefficient (Wildman–Crippen LogP) is 2.23. The first-order valence-corrected chi connectivity index (χ1v) is 6.40. The molecule has 0 aliphatic carbocycles. The fourth-order valence-corrected chi connectivity index (χ4v) is 2.27. The summed E-state index contributed by atoms with van der Waals surface area (Å²) in [5.41, 5.74) is 0.696. The third-order valence-corrected chi connectivity index (χ3v) is 3.37. The second-order valence-corrected chi connectivity index (χ2v) is 5.61. The predicted molar refractivity (Wildman–Crippen MR) is 66.1 cm³/mol. The minimum absolute atomic E-state index is 0.0173. The Kier molecular flexibility index (Phi) is 4.68. The molecule has 0 atom stereocenters. The maximum absolute atomic E-state index is 11.8. The van der Waals surface area contributed by atoms with Gasteiger partial charge in [-0.15, -0.1) is 16.7 Å². The van der Waals surface area contributed by atoms with Gasteiger partial charge in [-0.3, -0.25) is 4.79 Å². The van der Waals surface area contributed by atoms with Gasteiger partial charge >= 0.3 is 0 Å². The Bertz CT molecular complexity index is 365. The van der Waals surface area contributed by atoms with Crippen molar-refractivity contribution >= 4 is 29.0 Å². The summed E-state index contributed by atoms with van der Waals surface area (Å²) in [4.78, 5) is 12.3. The molecule has 1 rings (SSSR count). The van der Waals surface area contributed by atoms with Crippen molar-refractivity contribution in [2.45, 2.75) is 27.2 Å². The van der Waals surface area contributed by atoms with E-state index in [1.807, 2.05) is 0 Å². The zero-order valence-corrected chi connectivity index (χ0v) is 11.3. The van der Waals surface area contributed by atoms with Crippen LogP contribution >= 0.6 is 23.1 Å². The summed E-state index contributed by atoms with van der Waals surface area (Å²) < 4.78 is 3.73. The maximum Gasteiger partial charge on any atom is 0.264 e. The standard InChI is InChI=1S/C10H16ClN3OS/c1-7-8(16-14-13-7)9(15)12-6-10(2,3)4-5-11/h4-6H2,1-3H3,(H,12,15). The highest BCUT2D eigenvalue weighted by atomic mass is 35.5. The number of nitrogens with zero attached hydrogens (tertiary/aromatic N) is 2. The van der Waals surface area contributed by atoms with E-state index < -0.39 is 0 Å². The zero-order valence-electron chi connectivity index (χ0n) is 9.71. The first-order valence-electron chi connectivity index (χ1n) is 5.09. The van der Waals surface area contributed by atoms with Crippen molar-refractivity contribution in [2.75, 3.05) is 12.4 Å². The van der Waals surface area contributed by atoms with Crippen LogP contribution in [-0.4, -0.2) is 27.9 Å². The minimum atomic E-state index is -0.102. The highest BCUT2D eigenvalue weighted by Crippen LogP contribution is 2.20. The summed E-state index contributed by atoms with van der Waals surface area (Å²) in [6.07, 6.45) is 0.870. The van der Waals surface area contributed by atoms with Gasteiger partial charge in [-0.1, -0.05) is 18.3 Å². The number of alkyl halides is 1. The first kappa shape index (κ1) is 13.4. The van der Waals surface area contributed by atoms with Crippen molar-refractivity contribution < 1.29 is 4.79 Å². The summed E-state index contributed by atoms with van der Waals surface area (Å²) in [6, 6.07) is 0. The number of aryl methyl sites for hydroxylation is 1. The summed E-state index contributed by atoms with van der Waals surface area (Å²) in [7, 11) is 0. The molecular formula is C10H16ClN3OS. The van der Waals surface area contributed by atoms with Gasteiger partial charge in [-0.2, -0.15) is 0 Å². The molecule has 0 radical (unpaired) electrons. The van der Waals surface area contributed by atoms with Crippen molar-refractivity contribution in [1.82, 2.24) is 14.9 Å². The van der Waals surface area contributed by atoms with Crippen LogP contribution in [0.2, 0.25) is 0 Å². The topological polar surface area (TPSA) is 54.9 Å². The van der Waals surface area contributed by atoms with E-state index >= 15 is 0 Å². The lowest BCUT2D eigenvalue weighted by molar-refractivity contribution is 0.0939. The van der Waals surface area contributed by atoms with Crippen LogP contribution in [0.25, 0.3) is 0 Å². The fraction of sp³-hybridized carbons (Fsp3) is 0.700. The van der Waals surface area contributed by atoms with Gasteiger partial charge in [0, 0.05) is 12.4 Å². The lowest BCUT2D eigenvalue weighted by Crippen LogP contribution is -2.34. The number of carbonyl (C=O) groups is 1. The van der Waals surface area contributed by atoms with Gasteiger partial charge in [0.05, 0.1) is 5.69 Å². The normalized spacial score (nSPS) is 11.5. The van der Waals surface area contributed by atoms with Crippen molar-refractivity contribution in [3.8, 4) is 0 Å². The molecule has 0 aromatic carbocycles. The summed E-state index contributed by atoms with van der Waals surface area (Å²) in [6.45, 7) is 6.54. The van der Waals surface area contributed by atoms with E-state index in [4.69, 9.17) is 11.6 Å². The Labute approximate surface area is 105 Å². The SMILES string of the molecule is Cc1nnsc1C(=O)NCC(C)(C)CCCl. The molecule has 0 unspecified atom stereocenters. The van der Waals surface area contributed by atoms with E-state index in [1.54, 1.807) is 6.92 Å². The van der Waals surface area contributed by atoms with E-state index in [0.29, 0.717) is 23.0 Å². The molecule has 1 N–H and O–H groups in total. The molecule has 0 saturated heterocycles. The fourth-order valence-electron chi connectivity index (χ4n) is 1.18. The van der Waals surface area contributed by atoms with Crippen LogP contribution in [-0.2, 0) is 0 Å². The molecular weight excluding hydrogens is 246 g/mol. The molecule has 0 saturated carbocycles. The molecule has 1 heterocycles. The third kappa shape index (κ3) is 3.72. The van der Waals surface area contributed by atoms with Crippen LogP contribution in [0.5, 0.6) is 0 Å². The number of carbonyl (C=O) groups excluding carboxylic acids is 1. The molecule has 0 spiro atoms. The molecule has 90 valence electrons. The molecule has 4 nitrogen and oxygen atoms in total. The maximum atomic E-state index is 11.8. The smallest absolute Gasteiger partial charge is 0.264 e. The third-order valence-electron chi connectivity index (χ3n) is 2.36. The van der Waals surface area contributed by atoms with Crippen LogP contribution in [0.4, 0.5) is 0 Å². The van der Waals surface area contributed by atoms with Crippen LogP contribution in [0.3, 0.4) is 0 Å². The van der Waals surface area contributed by atoms with Crippen LogP contribution in [0.1, 0.15) is 35.6 Å². The van der Waals surface area contributed by atoms with Crippen LogP contribution < -0.4 is 5.32 Å². The molecule has 6 heteroatoms. The van der Waals surface area contributed by atoms with Crippen LogP contribution in [0.15, 0.2) is 0 Å². The molecule has 0 bridgehead atoms. The van der Waals surface area contributed by atoms with E-state index in [1.165, 1.54) is 0 Å². The summed E-state index contributed by atoms with van der Waals surface area (Å²) in [5.74, 6) is 0.499. The van der Waals surface area contributed by atoms with E-state index in [2.05, 4.69) is 28.8 Å². The average molecular weight is 262 g/mol. The van der Waals surface area contributed by atoms with Crippen molar-refractivity contribution in [3.05, 3.63) is 10.6 Å². The Balaban J connectivity index is 2.51. The van der Waals surface area contributed by atoms with Gasteiger partial charge in [0.2, 0.25) is 0 Å². The Morgan fingerprint density at radius 1 is 1.56 bits per heavy atom. The Morgan fingerprint density at radius 3 is 2.75 bits per heavy atom. The number of aromatic nitrogens is 2. The summed E-state index contributed by atoms with van der Waals surface area (Å²) >= 11 is 6.82. The van der Waals surface area contributed by atoms with Gasteiger partial charge in [0.25, 0.3) is 5.91 Å².